The van der Waals surface area contributed by atoms with Gasteiger partial charge in [-0.25, -0.2) is 9.97 Å². The Labute approximate surface area is 101 Å². The summed E-state index contributed by atoms with van der Waals surface area (Å²) in [6, 6.07) is 8.57. The summed E-state index contributed by atoms with van der Waals surface area (Å²) >= 11 is 1.52. The summed E-state index contributed by atoms with van der Waals surface area (Å²) in [4.78, 5) is 8.07. The van der Waals surface area contributed by atoms with E-state index >= 15 is 0 Å². The maximum Gasteiger partial charge on any atom is 0.212 e. The zero-order chi connectivity index (χ0) is 11.8. The number of halogens is 1. The molecule has 0 saturated heterocycles. The molecule has 3 aromatic rings. The number of pyridine rings is 1. The molecular formula is C12H8FN3S. The fourth-order valence-corrected chi connectivity index (χ4v) is 2.57. The third-order valence-electron chi connectivity index (χ3n) is 2.39. The van der Waals surface area contributed by atoms with Gasteiger partial charge in [-0.1, -0.05) is 0 Å². The zero-order valence-electron chi connectivity index (χ0n) is 8.72. The Bertz CT molecular complexity index is 676. The van der Waals surface area contributed by atoms with E-state index in [1.807, 2.05) is 18.2 Å². The van der Waals surface area contributed by atoms with Crippen molar-refractivity contribution in [3.8, 4) is 10.6 Å². The molecule has 0 saturated carbocycles. The van der Waals surface area contributed by atoms with Gasteiger partial charge >= 0.3 is 0 Å². The lowest BCUT2D eigenvalue weighted by Crippen LogP contribution is -1.82. The Balaban J connectivity index is 2.14. The van der Waals surface area contributed by atoms with Gasteiger partial charge in [0.2, 0.25) is 5.95 Å². The highest BCUT2D eigenvalue weighted by Crippen LogP contribution is 2.30. The molecule has 1 aromatic carbocycles. The summed E-state index contributed by atoms with van der Waals surface area (Å²) in [6.07, 6.45) is 1.48. The molecule has 0 spiro atoms. The van der Waals surface area contributed by atoms with E-state index < -0.39 is 5.95 Å². The molecular weight excluding hydrogens is 237 g/mol. The number of aromatic nitrogens is 2. The Morgan fingerprint density at radius 1 is 1.18 bits per heavy atom. The molecule has 2 aromatic heterocycles. The number of nitrogen functional groups attached to an aromatic ring is 1. The number of hydrogen-bond donors (Lipinski definition) is 1. The predicted molar refractivity (Wildman–Crippen MR) is 67.2 cm³/mol. The minimum Gasteiger partial charge on any atom is -0.399 e. The topological polar surface area (TPSA) is 51.8 Å². The number of fused-ring (bicyclic) bond motifs is 1. The molecule has 3 rings (SSSR count). The van der Waals surface area contributed by atoms with Crippen molar-refractivity contribution < 1.29 is 4.39 Å². The van der Waals surface area contributed by atoms with E-state index in [9.17, 15) is 4.39 Å². The molecule has 5 heteroatoms. The Hall–Kier alpha value is -2.01. The van der Waals surface area contributed by atoms with Crippen LogP contribution in [-0.4, -0.2) is 9.97 Å². The maximum atomic E-state index is 12.7. The molecule has 3 nitrogen and oxygen atoms in total. The largest absolute Gasteiger partial charge is 0.399 e. The lowest BCUT2D eigenvalue weighted by atomic mass is 10.3. The second-order valence-corrected chi connectivity index (χ2v) is 4.65. The summed E-state index contributed by atoms with van der Waals surface area (Å²) in [5.74, 6) is -0.487. The van der Waals surface area contributed by atoms with Crippen LogP contribution in [0, 0.1) is 5.95 Å². The summed E-state index contributed by atoms with van der Waals surface area (Å²) in [6.45, 7) is 0. The van der Waals surface area contributed by atoms with Crippen LogP contribution in [0.1, 0.15) is 0 Å². The number of hydrogen-bond acceptors (Lipinski definition) is 4. The molecule has 0 aliphatic carbocycles. The van der Waals surface area contributed by atoms with Gasteiger partial charge in [-0.2, -0.15) is 4.39 Å². The molecule has 2 heterocycles. The average molecular weight is 245 g/mol. The normalized spacial score (nSPS) is 10.9. The quantitative estimate of drug-likeness (QED) is 0.529. The maximum absolute atomic E-state index is 12.7. The van der Waals surface area contributed by atoms with Crippen LogP contribution in [0.4, 0.5) is 10.1 Å². The number of nitrogens with zero attached hydrogens (tertiary/aromatic N) is 2. The van der Waals surface area contributed by atoms with Crippen LogP contribution in [0.25, 0.3) is 20.8 Å². The first-order valence-electron chi connectivity index (χ1n) is 5.00. The number of anilines is 1. The number of benzene rings is 1. The van der Waals surface area contributed by atoms with E-state index in [2.05, 4.69) is 9.97 Å². The molecule has 2 N–H and O–H groups in total. The first-order chi connectivity index (χ1) is 8.22. The Morgan fingerprint density at radius 2 is 2.06 bits per heavy atom. The summed E-state index contributed by atoms with van der Waals surface area (Å²) < 4.78 is 13.7. The van der Waals surface area contributed by atoms with Crippen LogP contribution < -0.4 is 5.73 Å². The van der Waals surface area contributed by atoms with Crippen LogP contribution in [0.5, 0.6) is 0 Å². The average Bonchev–Trinajstić information content (AvgIpc) is 2.72. The first kappa shape index (κ1) is 10.2. The molecule has 0 bridgehead atoms. The molecule has 0 amide bonds. The van der Waals surface area contributed by atoms with Crippen LogP contribution >= 0.6 is 11.3 Å². The summed E-state index contributed by atoms with van der Waals surface area (Å²) in [7, 11) is 0. The number of rotatable bonds is 1. The van der Waals surface area contributed by atoms with Crippen molar-refractivity contribution >= 4 is 27.2 Å². The van der Waals surface area contributed by atoms with Crippen LogP contribution in [-0.2, 0) is 0 Å². The van der Waals surface area contributed by atoms with Crippen LogP contribution in [0.3, 0.4) is 0 Å². The Morgan fingerprint density at radius 3 is 2.82 bits per heavy atom. The first-order valence-corrected chi connectivity index (χ1v) is 5.82. The van der Waals surface area contributed by atoms with Gasteiger partial charge in [0.05, 0.1) is 10.2 Å². The highest BCUT2D eigenvalue weighted by atomic mass is 32.1. The SMILES string of the molecule is Nc1ccc2nc(-c3ccc(F)nc3)sc2c1. The highest BCUT2D eigenvalue weighted by Gasteiger charge is 2.06. The van der Waals surface area contributed by atoms with E-state index in [1.54, 1.807) is 6.07 Å². The van der Waals surface area contributed by atoms with E-state index in [-0.39, 0.29) is 0 Å². The second kappa shape index (κ2) is 3.78. The molecule has 0 fully saturated rings. The minimum atomic E-state index is -0.487. The number of thiazole rings is 1. The summed E-state index contributed by atoms with van der Waals surface area (Å²) in [5.41, 5.74) is 8.12. The van der Waals surface area contributed by atoms with Crippen molar-refractivity contribution in [2.24, 2.45) is 0 Å². The van der Waals surface area contributed by atoms with Crippen molar-refractivity contribution in [2.75, 3.05) is 5.73 Å². The second-order valence-electron chi connectivity index (χ2n) is 3.62. The molecule has 0 radical (unpaired) electrons. The van der Waals surface area contributed by atoms with Gasteiger partial charge in [-0.15, -0.1) is 11.3 Å². The van der Waals surface area contributed by atoms with Gasteiger partial charge in [0.1, 0.15) is 5.01 Å². The van der Waals surface area contributed by atoms with Gasteiger partial charge in [0.15, 0.2) is 0 Å². The third kappa shape index (κ3) is 1.85. The lowest BCUT2D eigenvalue weighted by molar-refractivity contribution is 0.584. The van der Waals surface area contributed by atoms with Crippen molar-refractivity contribution in [1.29, 1.82) is 0 Å². The smallest absolute Gasteiger partial charge is 0.212 e. The minimum absolute atomic E-state index is 0.487. The Kier molecular flexibility index (Phi) is 2.26. The van der Waals surface area contributed by atoms with Crippen molar-refractivity contribution in [3.63, 3.8) is 0 Å². The van der Waals surface area contributed by atoms with Gasteiger partial charge in [-0.05, 0) is 30.3 Å². The number of nitrogens with two attached hydrogens (primary N) is 1. The fraction of sp³-hybridized carbons (Fsp3) is 0. The van der Waals surface area contributed by atoms with Crippen molar-refractivity contribution in [2.45, 2.75) is 0 Å². The highest BCUT2D eigenvalue weighted by molar-refractivity contribution is 7.21. The van der Waals surface area contributed by atoms with E-state index in [4.69, 9.17) is 5.73 Å². The monoisotopic (exact) mass is 245 g/mol. The van der Waals surface area contributed by atoms with Crippen molar-refractivity contribution in [1.82, 2.24) is 9.97 Å². The lowest BCUT2D eigenvalue weighted by Gasteiger charge is -1.93. The van der Waals surface area contributed by atoms with E-state index in [1.165, 1.54) is 23.6 Å². The van der Waals surface area contributed by atoms with Crippen molar-refractivity contribution in [3.05, 3.63) is 42.5 Å². The van der Waals surface area contributed by atoms with E-state index in [0.29, 0.717) is 5.69 Å². The molecule has 0 aliphatic rings. The summed E-state index contributed by atoms with van der Waals surface area (Å²) in [5, 5.41) is 0.818. The van der Waals surface area contributed by atoms with Crippen LogP contribution in [0.2, 0.25) is 0 Å². The zero-order valence-corrected chi connectivity index (χ0v) is 9.54. The van der Waals surface area contributed by atoms with Gasteiger partial charge in [-0.3, -0.25) is 0 Å². The third-order valence-corrected chi connectivity index (χ3v) is 3.45. The van der Waals surface area contributed by atoms with E-state index in [0.717, 1.165) is 20.8 Å². The standard InChI is InChI=1S/C12H8FN3S/c13-11-4-1-7(6-15-11)12-16-9-3-2-8(14)5-10(9)17-12/h1-6H,14H2. The molecule has 0 unspecified atom stereocenters. The molecule has 0 aliphatic heterocycles. The van der Waals surface area contributed by atoms with Gasteiger partial charge < -0.3 is 5.73 Å². The predicted octanol–water partition coefficient (Wildman–Crippen LogP) is 3.08. The van der Waals surface area contributed by atoms with Gasteiger partial charge in [0.25, 0.3) is 0 Å². The fourth-order valence-electron chi connectivity index (χ4n) is 1.57. The van der Waals surface area contributed by atoms with Gasteiger partial charge in [0, 0.05) is 17.4 Å². The van der Waals surface area contributed by atoms with Crippen LogP contribution in [0.15, 0.2) is 36.5 Å². The molecule has 84 valence electrons. The molecule has 0 atom stereocenters. The molecule has 17 heavy (non-hydrogen) atoms.